The molecule has 0 radical (unpaired) electrons. The summed E-state index contributed by atoms with van der Waals surface area (Å²) in [5.41, 5.74) is 8.14. The third kappa shape index (κ3) is 4.21. The zero-order valence-electron chi connectivity index (χ0n) is 16.6. The molecule has 0 saturated carbocycles. The normalized spacial score (nSPS) is 25.6. The van der Waals surface area contributed by atoms with Gasteiger partial charge in [-0.2, -0.15) is 0 Å². The molecule has 0 fully saturated rings. The van der Waals surface area contributed by atoms with Crippen LogP contribution in [0, 0.1) is 5.92 Å². The molecular weight excluding hydrogens is 586 g/mol. The SMILES string of the molecule is CCCCC1=C(C2=CC=CC2)C2=C(CCC[C](=[Ge]([CH3])[CH3])C2C)[CH]1[Hf]([Cl])[Cl]. The van der Waals surface area contributed by atoms with Gasteiger partial charge in [-0.25, -0.2) is 0 Å². The van der Waals surface area contributed by atoms with E-state index in [1.165, 1.54) is 44.1 Å². The summed E-state index contributed by atoms with van der Waals surface area (Å²) in [6.07, 6.45) is 15.6. The second-order valence-electron chi connectivity index (χ2n) is 8.09. The van der Waals surface area contributed by atoms with Crippen molar-refractivity contribution in [2.75, 3.05) is 0 Å². The Labute approximate surface area is 179 Å². The van der Waals surface area contributed by atoms with Gasteiger partial charge in [-0.1, -0.05) is 0 Å². The molecule has 4 heteroatoms. The molecule has 0 aromatic rings. The van der Waals surface area contributed by atoms with Gasteiger partial charge in [0.05, 0.1) is 0 Å². The number of allylic oxidation sites excluding steroid dienone is 8. The number of halogens is 2. The van der Waals surface area contributed by atoms with Crippen LogP contribution in [0.3, 0.4) is 0 Å². The van der Waals surface area contributed by atoms with Gasteiger partial charge in [-0.05, 0) is 0 Å². The Morgan fingerprint density at radius 2 is 2.00 bits per heavy atom. The van der Waals surface area contributed by atoms with E-state index in [-0.39, 0.29) is 0 Å². The molecule has 0 aliphatic heterocycles. The van der Waals surface area contributed by atoms with Crippen molar-refractivity contribution in [2.45, 2.75) is 74.0 Å². The minimum atomic E-state index is -2.59. The zero-order valence-corrected chi connectivity index (χ0v) is 23.8. The van der Waals surface area contributed by atoms with Gasteiger partial charge in [-0.3, -0.25) is 0 Å². The fourth-order valence-corrected chi connectivity index (χ4v) is 16.9. The maximum absolute atomic E-state index is 6.83. The fraction of sp³-hybridized carbons (Fsp3) is 0.591. The Kier molecular flexibility index (Phi) is 7.91. The van der Waals surface area contributed by atoms with Crippen LogP contribution >= 0.6 is 17.2 Å². The second kappa shape index (κ2) is 9.55. The van der Waals surface area contributed by atoms with Gasteiger partial charge in [0.2, 0.25) is 0 Å². The van der Waals surface area contributed by atoms with E-state index in [9.17, 15) is 0 Å². The molecule has 2 unspecified atom stereocenters. The van der Waals surface area contributed by atoms with Crippen molar-refractivity contribution < 1.29 is 19.1 Å². The molecule has 0 bridgehead atoms. The molecule has 26 heavy (non-hydrogen) atoms. The molecular formula is C22H31Cl2GeHf. The topological polar surface area (TPSA) is 0 Å². The Balaban J connectivity index is 2.18. The fourth-order valence-electron chi connectivity index (χ4n) is 5.07. The Morgan fingerprint density at radius 3 is 2.58 bits per heavy atom. The van der Waals surface area contributed by atoms with Crippen LogP contribution in [0.1, 0.15) is 58.8 Å². The third-order valence-corrected chi connectivity index (χ3v) is 18.0. The maximum atomic E-state index is 6.83. The van der Waals surface area contributed by atoms with E-state index in [0.29, 0.717) is 9.59 Å². The summed E-state index contributed by atoms with van der Waals surface area (Å²) in [5, 5.41) is 0. The van der Waals surface area contributed by atoms with Crippen molar-refractivity contribution in [3.05, 3.63) is 46.1 Å². The zero-order chi connectivity index (χ0) is 18.8. The van der Waals surface area contributed by atoms with Crippen LogP contribution in [0.25, 0.3) is 0 Å². The van der Waals surface area contributed by atoms with Crippen molar-refractivity contribution >= 4 is 35.4 Å². The first-order chi connectivity index (χ1) is 12.5. The summed E-state index contributed by atoms with van der Waals surface area (Å²) in [6.45, 7) is 4.79. The van der Waals surface area contributed by atoms with Crippen LogP contribution in [0.4, 0.5) is 0 Å². The Bertz CT molecular complexity index is 720. The van der Waals surface area contributed by atoms with Crippen molar-refractivity contribution in [2.24, 2.45) is 5.92 Å². The van der Waals surface area contributed by atoms with Gasteiger partial charge in [0, 0.05) is 0 Å². The monoisotopic (exact) mass is 619 g/mol. The van der Waals surface area contributed by atoms with Gasteiger partial charge in [-0.15, -0.1) is 0 Å². The third-order valence-electron chi connectivity index (χ3n) is 6.23. The number of rotatable bonds is 5. The van der Waals surface area contributed by atoms with Crippen molar-refractivity contribution in [3.8, 4) is 0 Å². The van der Waals surface area contributed by atoms with Gasteiger partial charge in [0.1, 0.15) is 0 Å². The molecule has 0 N–H and O–H groups in total. The molecule has 0 heterocycles. The van der Waals surface area contributed by atoms with Crippen LogP contribution in [0.15, 0.2) is 46.1 Å². The van der Waals surface area contributed by atoms with Crippen LogP contribution < -0.4 is 0 Å². The van der Waals surface area contributed by atoms with Crippen LogP contribution in [-0.4, -0.2) is 18.3 Å². The Morgan fingerprint density at radius 1 is 1.23 bits per heavy atom. The average molecular weight is 617 g/mol. The predicted molar refractivity (Wildman–Crippen MR) is 116 cm³/mol. The van der Waals surface area contributed by atoms with E-state index in [2.05, 4.69) is 43.6 Å². The summed E-state index contributed by atoms with van der Waals surface area (Å²) >= 11 is -3.64. The second-order valence-corrected chi connectivity index (χ2v) is 26.0. The Hall–Kier alpha value is 0.823. The van der Waals surface area contributed by atoms with Gasteiger partial charge in [0.15, 0.2) is 0 Å². The molecule has 0 nitrogen and oxygen atoms in total. The standard InChI is InChI=1S/C22H31Ge.2ClH.Hf/c1-5-6-10-19-15-18-13-9-14-20(23(3)4)16(2)21(18)22(19)17-11-7-8-12-17;;;/h7-8,11,15-16H,5-6,9-10,12-14H2,1-4H3;2*1H;/q;;;+2/p-2. The van der Waals surface area contributed by atoms with Gasteiger partial charge >= 0.3 is 180 Å². The number of hydrogen-bond donors (Lipinski definition) is 0. The van der Waals surface area contributed by atoms with Crippen molar-refractivity contribution in [1.29, 1.82) is 0 Å². The number of hydrogen-bond acceptors (Lipinski definition) is 0. The molecule has 0 amide bonds. The molecule has 0 spiro atoms. The van der Waals surface area contributed by atoms with Gasteiger partial charge < -0.3 is 0 Å². The molecule has 0 saturated heterocycles. The van der Waals surface area contributed by atoms with Crippen LogP contribution in [-0.2, 0) is 19.1 Å². The van der Waals surface area contributed by atoms with Crippen LogP contribution in [0.5, 0.6) is 0 Å². The first-order valence-corrected chi connectivity index (χ1v) is 26.4. The van der Waals surface area contributed by atoms with E-state index in [4.69, 9.17) is 17.2 Å². The van der Waals surface area contributed by atoms with Crippen molar-refractivity contribution in [3.63, 3.8) is 0 Å². The van der Waals surface area contributed by atoms with E-state index in [0.717, 1.165) is 6.42 Å². The average Bonchev–Trinajstić information content (AvgIpc) is 3.17. The summed E-state index contributed by atoms with van der Waals surface area (Å²) in [5.74, 6) is 5.69. The van der Waals surface area contributed by atoms with E-state index in [1.54, 1.807) is 22.3 Å². The minimum absolute atomic E-state index is 0.459. The van der Waals surface area contributed by atoms with E-state index >= 15 is 0 Å². The molecule has 141 valence electrons. The molecule has 0 aromatic carbocycles. The van der Waals surface area contributed by atoms with Crippen molar-refractivity contribution in [1.82, 2.24) is 0 Å². The molecule has 3 rings (SSSR count). The van der Waals surface area contributed by atoms with Gasteiger partial charge in [0.25, 0.3) is 0 Å². The van der Waals surface area contributed by atoms with E-state index in [1.807, 2.05) is 4.35 Å². The van der Waals surface area contributed by atoms with Crippen LogP contribution in [0.2, 0.25) is 15.2 Å². The predicted octanol–water partition coefficient (Wildman–Crippen LogP) is 7.71. The van der Waals surface area contributed by atoms with E-state index < -0.39 is 33.0 Å². The molecule has 2 atom stereocenters. The summed E-state index contributed by atoms with van der Waals surface area (Å²) in [7, 11) is 13.7. The first-order valence-electron chi connectivity index (χ1n) is 10.1. The molecule has 3 aliphatic rings. The number of unbranched alkanes of at least 4 members (excludes halogenated alkanes) is 1. The molecule has 0 aromatic heterocycles. The summed E-state index contributed by atoms with van der Waals surface area (Å²) in [6, 6.07) is 0. The quantitative estimate of drug-likeness (QED) is 0.278. The summed E-state index contributed by atoms with van der Waals surface area (Å²) < 4.78 is 2.35. The first kappa shape index (κ1) is 21.5. The summed E-state index contributed by atoms with van der Waals surface area (Å²) in [4.78, 5) is 0. The molecule has 3 aliphatic carbocycles.